The average molecular weight is 385 g/mol. The largest absolute Gasteiger partial charge is 0.309 e. The van der Waals surface area contributed by atoms with Gasteiger partial charge in [0.25, 0.3) is 0 Å². The summed E-state index contributed by atoms with van der Waals surface area (Å²) in [5, 5.41) is 0. The van der Waals surface area contributed by atoms with Crippen molar-refractivity contribution in [3.8, 4) is 0 Å². The number of piperidine rings is 1. The molecule has 0 spiro atoms. The highest BCUT2D eigenvalue weighted by molar-refractivity contribution is 7.89. The summed E-state index contributed by atoms with van der Waals surface area (Å²) < 4.78 is 27.4. The maximum Gasteiger partial charge on any atom is 0.243 e. The third-order valence-electron chi connectivity index (χ3n) is 5.56. The molecule has 1 saturated heterocycles. The van der Waals surface area contributed by atoms with Crippen molar-refractivity contribution >= 4 is 21.6 Å². The summed E-state index contributed by atoms with van der Waals surface area (Å²) in [6.45, 7) is 2.77. The molecule has 5 nitrogen and oxygen atoms in total. The summed E-state index contributed by atoms with van der Waals surface area (Å²) in [7, 11) is -3.56. The summed E-state index contributed by atoms with van der Waals surface area (Å²) in [4.78, 5) is 15.5. The Morgan fingerprint density at radius 2 is 1.74 bits per heavy atom. The maximum absolute atomic E-state index is 13.3. The number of anilines is 1. The van der Waals surface area contributed by atoms with Crippen LogP contribution in [0.4, 0.5) is 5.69 Å². The van der Waals surface area contributed by atoms with E-state index in [0.29, 0.717) is 13.0 Å². The second kappa shape index (κ2) is 7.09. The first kappa shape index (κ1) is 18.2. The Morgan fingerprint density at radius 1 is 1.04 bits per heavy atom. The van der Waals surface area contributed by atoms with Crippen molar-refractivity contribution in [2.45, 2.75) is 37.1 Å². The third-order valence-corrected chi connectivity index (χ3v) is 7.44. The normalized spacial score (nSPS) is 23.2. The van der Waals surface area contributed by atoms with Crippen molar-refractivity contribution in [2.75, 3.05) is 18.0 Å². The first-order valence-corrected chi connectivity index (χ1v) is 10.9. The van der Waals surface area contributed by atoms with Gasteiger partial charge in [0.2, 0.25) is 15.9 Å². The molecular weight excluding hydrogens is 360 g/mol. The van der Waals surface area contributed by atoms with E-state index in [1.54, 1.807) is 30.3 Å². The Hall–Kier alpha value is -2.18. The van der Waals surface area contributed by atoms with Gasteiger partial charge in [0, 0.05) is 24.8 Å². The van der Waals surface area contributed by atoms with Crippen molar-refractivity contribution in [1.29, 1.82) is 0 Å². The molecule has 6 heteroatoms. The minimum absolute atomic E-state index is 0.0420. The van der Waals surface area contributed by atoms with E-state index < -0.39 is 10.0 Å². The minimum atomic E-state index is -3.56. The van der Waals surface area contributed by atoms with E-state index in [0.717, 1.165) is 18.5 Å². The quantitative estimate of drug-likeness (QED) is 0.817. The van der Waals surface area contributed by atoms with Crippen LogP contribution in [0.25, 0.3) is 0 Å². The molecule has 2 unspecified atom stereocenters. The predicted octanol–water partition coefficient (Wildman–Crippen LogP) is 3.07. The van der Waals surface area contributed by atoms with Gasteiger partial charge in [-0.3, -0.25) is 4.79 Å². The number of amides is 1. The van der Waals surface area contributed by atoms with Crippen LogP contribution in [0.5, 0.6) is 0 Å². The summed E-state index contributed by atoms with van der Waals surface area (Å²) in [5.74, 6) is -0.258. The van der Waals surface area contributed by atoms with Crippen LogP contribution in [0.1, 0.15) is 25.3 Å². The van der Waals surface area contributed by atoms with Crippen LogP contribution in [-0.4, -0.2) is 37.8 Å². The Kier molecular flexibility index (Phi) is 4.78. The minimum Gasteiger partial charge on any atom is -0.309 e. The number of para-hydroxylation sites is 1. The molecule has 0 radical (unpaired) electrons. The molecule has 0 aliphatic carbocycles. The molecule has 2 aliphatic heterocycles. The van der Waals surface area contributed by atoms with E-state index in [1.807, 2.05) is 23.1 Å². The molecule has 2 heterocycles. The fourth-order valence-corrected chi connectivity index (χ4v) is 5.75. The molecular formula is C21H24N2O3S. The highest BCUT2D eigenvalue weighted by atomic mass is 32.2. The number of sulfonamides is 1. The van der Waals surface area contributed by atoms with Gasteiger partial charge in [0.05, 0.1) is 10.8 Å². The third kappa shape index (κ3) is 3.28. The highest BCUT2D eigenvalue weighted by Crippen LogP contribution is 2.35. The Labute approximate surface area is 160 Å². The number of carbonyl (C=O) groups excluding carboxylic acids is 1. The number of hydrogen-bond donors (Lipinski definition) is 0. The molecule has 0 saturated carbocycles. The van der Waals surface area contributed by atoms with E-state index in [-0.39, 0.29) is 29.3 Å². The first-order valence-electron chi connectivity index (χ1n) is 9.44. The standard InChI is InChI=1S/C21H24N2O3S/c1-16-14-17-8-5-6-12-20(17)23(16)21(24)18-9-7-13-22(15-18)27(25,26)19-10-3-2-4-11-19/h2-6,8,10-12,16,18H,7,9,13-15H2,1H3. The zero-order chi connectivity index (χ0) is 19.0. The van der Waals surface area contributed by atoms with E-state index in [9.17, 15) is 13.2 Å². The fourth-order valence-electron chi connectivity index (χ4n) is 4.20. The molecule has 1 fully saturated rings. The summed E-state index contributed by atoms with van der Waals surface area (Å²) in [6.07, 6.45) is 2.28. The van der Waals surface area contributed by atoms with E-state index in [4.69, 9.17) is 0 Å². The highest BCUT2D eigenvalue weighted by Gasteiger charge is 2.38. The van der Waals surface area contributed by atoms with Gasteiger partial charge in [0.15, 0.2) is 0 Å². The molecule has 2 aromatic rings. The van der Waals surface area contributed by atoms with Gasteiger partial charge in [-0.15, -0.1) is 0 Å². The summed E-state index contributed by atoms with van der Waals surface area (Å²) in [6, 6.07) is 16.6. The number of fused-ring (bicyclic) bond motifs is 1. The molecule has 2 atom stereocenters. The lowest BCUT2D eigenvalue weighted by Gasteiger charge is -2.34. The SMILES string of the molecule is CC1Cc2ccccc2N1C(=O)C1CCCN(S(=O)(=O)c2ccccc2)C1. The van der Waals surface area contributed by atoms with E-state index in [1.165, 1.54) is 9.87 Å². The van der Waals surface area contributed by atoms with Gasteiger partial charge in [-0.25, -0.2) is 8.42 Å². The zero-order valence-electron chi connectivity index (χ0n) is 15.4. The molecule has 1 amide bonds. The molecule has 0 N–H and O–H groups in total. The van der Waals surface area contributed by atoms with Crippen molar-refractivity contribution in [3.05, 3.63) is 60.2 Å². The van der Waals surface area contributed by atoms with Crippen LogP contribution >= 0.6 is 0 Å². The predicted molar refractivity (Wildman–Crippen MR) is 105 cm³/mol. The summed E-state index contributed by atoms with van der Waals surface area (Å²) >= 11 is 0. The van der Waals surface area contributed by atoms with Crippen LogP contribution in [0.2, 0.25) is 0 Å². The van der Waals surface area contributed by atoms with Gasteiger partial charge in [-0.2, -0.15) is 4.31 Å². The van der Waals surface area contributed by atoms with Gasteiger partial charge in [-0.05, 0) is 49.9 Å². The molecule has 0 aromatic heterocycles. The van der Waals surface area contributed by atoms with Crippen LogP contribution in [0, 0.1) is 5.92 Å². The second-order valence-electron chi connectivity index (χ2n) is 7.41. The molecule has 4 rings (SSSR count). The smallest absolute Gasteiger partial charge is 0.243 e. The number of rotatable bonds is 3. The van der Waals surface area contributed by atoms with Gasteiger partial charge in [0.1, 0.15) is 0 Å². The van der Waals surface area contributed by atoms with Crippen molar-refractivity contribution in [3.63, 3.8) is 0 Å². The second-order valence-corrected chi connectivity index (χ2v) is 9.34. The van der Waals surface area contributed by atoms with Crippen LogP contribution in [0.15, 0.2) is 59.5 Å². The fraction of sp³-hybridized carbons (Fsp3) is 0.381. The van der Waals surface area contributed by atoms with E-state index in [2.05, 4.69) is 13.0 Å². The molecule has 2 aliphatic rings. The van der Waals surface area contributed by atoms with Crippen molar-refractivity contribution < 1.29 is 13.2 Å². The van der Waals surface area contributed by atoms with Crippen molar-refractivity contribution in [2.24, 2.45) is 5.92 Å². The Morgan fingerprint density at radius 3 is 2.52 bits per heavy atom. The number of nitrogens with zero attached hydrogens (tertiary/aromatic N) is 2. The topological polar surface area (TPSA) is 57.7 Å². The monoisotopic (exact) mass is 384 g/mol. The number of carbonyl (C=O) groups is 1. The molecule has 2 aromatic carbocycles. The van der Waals surface area contributed by atoms with Gasteiger partial charge >= 0.3 is 0 Å². The van der Waals surface area contributed by atoms with Crippen LogP contribution in [0.3, 0.4) is 0 Å². The van der Waals surface area contributed by atoms with Crippen LogP contribution < -0.4 is 4.90 Å². The lowest BCUT2D eigenvalue weighted by atomic mass is 9.97. The Balaban J connectivity index is 1.56. The maximum atomic E-state index is 13.3. The number of benzene rings is 2. The van der Waals surface area contributed by atoms with E-state index >= 15 is 0 Å². The van der Waals surface area contributed by atoms with Crippen LogP contribution in [-0.2, 0) is 21.2 Å². The first-order chi connectivity index (χ1) is 13.0. The number of hydrogen-bond acceptors (Lipinski definition) is 3. The lowest BCUT2D eigenvalue weighted by Crippen LogP contribution is -2.48. The zero-order valence-corrected chi connectivity index (χ0v) is 16.2. The van der Waals surface area contributed by atoms with Crippen molar-refractivity contribution in [1.82, 2.24) is 4.31 Å². The summed E-state index contributed by atoms with van der Waals surface area (Å²) in [5.41, 5.74) is 2.15. The van der Waals surface area contributed by atoms with Gasteiger partial charge in [-0.1, -0.05) is 36.4 Å². The van der Waals surface area contributed by atoms with Gasteiger partial charge < -0.3 is 4.90 Å². The molecule has 0 bridgehead atoms. The molecule has 142 valence electrons. The average Bonchev–Trinajstić information content (AvgIpc) is 3.04. The Bertz CT molecular complexity index is 943. The lowest BCUT2D eigenvalue weighted by molar-refractivity contribution is -0.123. The molecule has 27 heavy (non-hydrogen) atoms.